The number of rotatable bonds is 4. The van der Waals surface area contributed by atoms with Gasteiger partial charge in [-0.05, 0) is 48.2 Å². The van der Waals surface area contributed by atoms with Crippen molar-refractivity contribution >= 4 is 5.97 Å². The maximum absolute atomic E-state index is 12.9. The largest absolute Gasteiger partial charge is 0.480 e. The first-order valence-corrected chi connectivity index (χ1v) is 8.81. The van der Waals surface area contributed by atoms with Gasteiger partial charge in [-0.2, -0.15) is 26.3 Å². The number of hydrogen-bond acceptors (Lipinski definition) is 2. The van der Waals surface area contributed by atoms with Crippen molar-refractivity contribution < 1.29 is 36.2 Å². The van der Waals surface area contributed by atoms with Crippen molar-refractivity contribution in [2.45, 2.75) is 37.3 Å². The van der Waals surface area contributed by atoms with Crippen molar-refractivity contribution in [2.24, 2.45) is 0 Å². The highest BCUT2D eigenvalue weighted by Crippen LogP contribution is 2.38. The van der Waals surface area contributed by atoms with E-state index >= 15 is 0 Å². The SMILES string of the molecule is O=C(O)C1CCCN1C(c1ccc(C(F)(F)F)cc1)c1ccc(C(F)(F)F)cc1. The van der Waals surface area contributed by atoms with E-state index in [-0.39, 0.29) is 0 Å². The van der Waals surface area contributed by atoms with Crippen LogP contribution in [0, 0.1) is 0 Å². The summed E-state index contributed by atoms with van der Waals surface area (Å²) in [5.74, 6) is -1.08. The number of benzene rings is 2. The quantitative estimate of drug-likeness (QED) is 0.681. The van der Waals surface area contributed by atoms with Gasteiger partial charge in [0.15, 0.2) is 0 Å². The average Bonchev–Trinajstić information content (AvgIpc) is 3.11. The van der Waals surface area contributed by atoms with Crippen molar-refractivity contribution in [3.05, 3.63) is 70.8 Å². The summed E-state index contributed by atoms with van der Waals surface area (Å²) in [5, 5.41) is 9.49. The standard InChI is InChI=1S/C20H17F6NO2/c21-19(22,23)14-7-3-12(4-8-14)17(27-11-1-2-16(27)18(28)29)13-5-9-15(10-6-13)20(24,25)26/h3-10,16-17H,1-2,11H2,(H,28,29). The number of carboxylic acid groups (broad SMARTS) is 1. The molecular weight excluding hydrogens is 400 g/mol. The van der Waals surface area contributed by atoms with Crippen LogP contribution in [0.25, 0.3) is 0 Å². The highest BCUT2D eigenvalue weighted by Gasteiger charge is 2.38. The highest BCUT2D eigenvalue weighted by molar-refractivity contribution is 5.74. The van der Waals surface area contributed by atoms with Gasteiger partial charge in [0.1, 0.15) is 6.04 Å². The fourth-order valence-corrected chi connectivity index (χ4v) is 3.65. The molecule has 156 valence electrons. The second-order valence-electron chi connectivity index (χ2n) is 6.88. The lowest BCUT2D eigenvalue weighted by molar-refractivity contribution is -0.142. The summed E-state index contributed by atoms with van der Waals surface area (Å²) in [7, 11) is 0. The maximum Gasteiger partial charge on any atom is 0.416 e. The van der Waals surface area contributed by atoms with E-state index in [0.29, 0.717) is 30.5 Å². The van der Waals surface area contributed by atoms with Crippen molar-refractivity contribution in [1.82, 2.24) is 4.90 Å². The van der Waals surface area contributed by atoms with Crippen LogP contribution in [0.15, 0.2) is 48.5 Å². The van der Waals surface area contributed by atoms with Crippen molar-refractivity contribution in [3.63, 3.8) is 0 Å². The van der Waals surface area contributed by atoms with E-state index in [1.54, 1.807) is 4.90 Å². The number of halogens is 6. The Morgan fingerprint density at radius 2 is 1.28 bits per heavy atom. The van der Waals surface area contributed by atoms with E-state index in [9.17, 15) is 36.2 Å². The molecule has 0 bridgehead atoms. The number of hydrogen-bond donors (Lipinski definition) is 1. The van der Waals surface area contributed by atoms with Crippen molar-refractivity contribution in [2.75, 3.05) is 6.54 Å². The Labute approximate surface area is 162 Å². The van der Waals surface area contributed by atoms with E-state index in [1.165, 1.54) is 24.3 Å². The molecule has 2 aromatic rings. The zero-order valence-electron chi connectivity index (χ0n) is 15.0. The number of alkyl halides is 6. The topological polar surface area (TPSA) is 40.5 Å². The van der Waals surface area contributed by atoms with Gasteiger partial charge in [0.25, 0.3) is 0 Å². The zero-order valence-corrected chi connectivity index (χ0v) is 15.0. The number of likely N-dealkylation sites (tertiary alicyclic amines) is 1. The van der Waals surface area contributed by atoms with E-state index in [1.807, 2.05) is 0 Å². The minimum absolute atomic E-state index is 0.354. The molecule has 1 atom stereocenters. The molecule has 0 spiro atoms. The van der Waals surface area contributed by atoms with Crippen LogP contribution in [0.3, 0.4) is 0 Å². The van der Waals surface area contributed by atoms with Crippen LogP contribution >= 0.6 is 0 Å². The minimum Gasteiger partial charge on any atom is -0.480 e. The molecule has 3 rings (SSSR count). The van der Waals surface area contributed by atoms with E-state index in [4.69, 9.17) is 0 Å². The van der Waals surface area contributed by atoms with Crippen LogP contribution in [0.5, 0.6) is 0 Å². The van der Waals surface area contributed by atoms with Crippen molar-refractivity contribution in [1.29, 1.82) is 0 Å². The Bertz CT molecular complexity index is 801. The van der Waals surface area contributed by atoms with Gasteiger partial charge < -0.3 is 5.11 Å². The van der Waals surface area contributed by atoms with Crippen LogP contribution in [0.1, 0.15) is 41.1 Å². The Kier molecular flexibility index (Phi) is 5.62. The molecule has 0 radical (unpaired) electrons. The molecule has 0 saturated carbocycles. The highest BCUT2D eigenvalue weighted by atomic mass is 19.4. The fraction of sp³-hybridized carbons (Fsp3) is 0.350. The van der Waals surface area contributed by atoms with Crippen molar-refractivity contribution in [3.8, 4) is 0 Å². The fourth-order valence-electron chi connectivity index (χ4n) is 3.65. The van der Waals surface area contributed by atoms with Crippen LogP contribution in [0.4, 0.5) is 26.3 Å². The molecule has 0 amide bonds. The predicted molar refractivity (Wildman–Crippen MR) is 92.1 cm³/mol. The van der Waals surface area contributed by atoms with Crippen LogP contribution in [-0.4, -0.2) is 28.6 Å². The molecule has 2 aromatic carbocycles. The number of nitrogens with zero attached hydrogens (tertiary/aromatic N) is 1. The normalized spacial score (nSPS) is 18.4. The predicted octanol–water partition coefficient (Wildman–Crippen LogP) is 5.36. The Morgan fingerprint density at radius 1 is 0.862 bits per heavy atom. The van der Waals surface area contributed by atoms with Crippen LogP contribution in [0.2, 0.25) is 0 Å². The number of aliphatic carboxylic acids is 1. The third-order valence-electron chi connectivity index (χ3n) is 5.02. The molecule has 1 N–H and O–H groups in total. The summed E-state index contributed by atoms with van der Waals surface area (Å²) in [4.78, 5) is 13.2. The lowest BCUT2D eigenvalue weighted by atomic mass is 9.94. The first-order chi connectivity index (χ1) is 13.5. The number of carbonyl (C=O) groups is 1. The monoisotopic (exact) mass is 417 g/mol. The number of carboxylic acids is 1. The summed E-state index contributed by atoms with van der Waals surface area (Å²) in [6.45, 7) is 0.365. The van der Waals surface area contributed by atoms with Gasteiger partial charge in [-0.3, -0.25) is 9.69 Å². The smallest absolute Gasteiger partial charge is 0.416 e. The zero-order chi connectivity index (χ0) is 21.4. The van der Waals surface area contributed by atoms with Gasteiger partial charge in [-0.25, -0.2) is 0 Å². The lowest BCUT2D eigenvalue weighted by Crippen LogP contribution is -2.39. The summed E-state index contributed by atoms with van der Waals surface area (Å²) >= 11 is 0. The Morgan fingerprint density at radius 3 is 1.62 bits per heavy atom. The van der Waals surface area contributed by atoms with E-state index < -0.39 is 41.5 Å². The van der Waals surface area contributed by atoms with Crippen LogP contribution in [-0.2, 0) is 17.1 Å². The third-order valence-corrected chi connectivity index (χ3v) is 5.02. The second-order valence-corrected chi connectivity index (χ2v) is 6.88. The lowest BCUT2D eigenvalue weighted by Gasteiger charge is -2.32. The molecule has 1 saturated heterocycles. The molecule has 0 aromatic heterocycles. The summed E-state index contributed by atoms with van der Waals surface area (Å²) in [6, 6.07) is 6.86. The first-order valence-electron chi connectivity index (χ1n) is 8.81. The van der Waals surface area contributed by atoms with Gasteiger partial charge in [-0.15, -0.1) is 0 Å². The molecule has 0 aliphatic carbocycles. The minimum atomic E-state index is -4.53. The first kappa shape index (κ1) is 21.2. The molecule has 9 heteroatoms. The molecule has 1 fully saturated rings. The Hall–Kier alpha value is -2.55. The van der Waals surface area contributed by atoms with Gasteiger partial charge in [-0.1, -0.05) is 24.3 Å². The molecule has 1 aliphatic heterocycles. The summed E-state index contributed by atoms with van der Waals surface area (Å²) in [6.07, 6.45) is -8.14. The molecule has 29 heavy (non-hydrogen) atoms. The average molecular weight is 417 g/mol. The molecular formula is C20H17F6NO2. The van der Waals surface area contributed by atoms with E-state index in [2.05, 4.69) is 0 Å². The van der Waals surface area contributed by atoms with Gasteiger partial charge >= 0.3 is 18.3 Å². The molecule has 1 heterocycles. The second kappa shape index (κ2) is 7.70. The Balaban J connectivity index is 2.04. The summed E-state index contributed by atoms with van der Waals surface area (Å²) < 4.78 is 77.2. The summed E-state index contributed by atoms with van der Waals surface area (Å²) in [5.41, 5.74) is -0.955. The van der Waals surface area contributed by atoms with Gasteiger partial charge in [0, 0.05) is 6.54 Å². The third kappa shape index (κ3) is 4.55. The van der Waals surface area contributed by atoms with Gasteiger partial charge in [0.2, 0.25) is 0 Å². The van der Waals surface area contributed by atoms with Crippen LogP contribution < -0.4 is 0 Å². The maximum atomic E-state index is 12.9. The molecule has 1 aliphatic rings. The van der Waals surface area contributed by atoms with Gasteiger partial charge in [0.05, 0.1) is 17.2 Å². The van der Waals surface area contributed by atoms with E-state index in [0.717, 1.165) is 24.3 Å². The molecule has 3 nitrogen and oxygen atoms in total. The molecule has 1 unspecified atom stereocenters.